The van der Waals surface area contributed by atoms with Gasteiger partial charge < -0.3 is 10.1 Å². The number of anilines is 1. The van der Waals surface area contributed by atoms with Crippen LogP contribution in [-0.4, -0.2) is 36.5 Å². The number of benzene rings is 2. The van der Waals surface area contributed by atoms with Gasteiger partial charge in [-0.05, 0) is 42.5 Å². The molecule has 1 saturated heterocycles. The Labute approximate surface area is 156 Å². The van der Waals surface area contributed by atoms with Gasteiger partial charge in [0.25, 0.3) is 0 Å². The van der Waals surface area contributed by atoms with Gasteiger partial charge in [-0.1, -0.05) is 50.2 Å². The van der Waals surface area contributed by atoms with E-state index in [0.717, 1.165) is 36.3 Å². The number of nitrogens with one attached hydrogen (secondary N) is 1. The van der Waals surface area contributed by atoms with E-state index in [2.05, 4.69) is 36.2 Å². The summed E-state index contributed by atoms with van der Waals surface area (Å²) in [5.74, 6) is 1.25. The number of rotatable bonds is 6. The minimum Gasteiger partial charge on any atom is -0.495 e. The summed E-state index contributed by atoms with van der Waals surface area (Å²) >= 11 is 0. The Morgan fingerprint density at radius 2 is 1.92 bits per heavy atom. The van der Waals surface area contributed by atoms with Crippen LogP contribution in [0.4, 0.5) is 5.69 Å². The van der Waals surface area contributed by atoms with Crippen molar-refractivity contribution in [2.75, 3.05) is 25.5 Å². The van der Waals surface area contributed by atoms with Crippen molar-refractivity contribution in [3.8, 4) is 16.9 Å². The summed E-state index contributed by atoms with van der Waals surface area (Å²) in [5, 5.41) is 3.11. The van der Waals surface area contributed by atoms with Crippen molar-refractivity contribution in [3.63, 3.8) is 0 Å². The van der Waals surface area contributed by atoms with Gasteiger partial charge in [0.2, 0.25) is 5.91 Å². The molecular formula is C22H28N2O2. The van der Waals surface area contributed by atoms with Crippen molar-refractivity contribution in [3.05, 3.63) is 48.5 Å². The number of likely N-dealkylation sites (tertiary alicyclic amines) is 1. The largest absolute Gasteiger partial charge is 0.495 e. The summed E-state index contributed by atoms with van der Waals surface area (Å²) in [5.41, 5.74) is 2.44. The van der Waals surface area contributed by atoms with Gasteiger partial charge in [0, 0.05) is 13.1 Å². The molecule has 1 unspecified atom stereocenters. The molecule has 3 rings (SSSR count). The first kappa shape index (κ1) is 18.5. The van der Waals surface area contributed by atoms with Gasteiger partial charge in [0.05, 0.1) is 18.3 Å². The number of hydrogen-bond donors (Lipinski definition) is 1. The number of nitrogens with zero attached hydrogens (tertiary/aromatic N) is 1. The third-order valence-corrected chi connectivity index (χ3v) is 5.20. The van der Waals surface area contributed by atoms with E-state index in [1.54, 1.807) is 7.11 Å². The van der Waals surface area contributed by atoms with E-state index >= 15 is 0 Å². The van der Waals surface area contributed by atoms with Crippen molar-refractivity contribution in [2.45, 2.75) is 32.7 Å². The smallest absolute Gasteiger partial charge is 0.244 e. The summed E-state index contributed by atoms with van der Waals surface area (Å²) in [6, 6.07) is 16.0. The van der Waals surface area contributed by atoms with E-state index in [4.69, 9.17) is 4.74 Å². The number of carbonyl (C=O) groups excluding carboxylic acids is 1. The molecule has 0 aliphatic carbocycles. The van der Waals surface area contributed by atoms with Crippen molar-refractivity contribution < 1.29 is 9.53 Å². The highest BCUT2D eigenvalue weighted by Crippen LogP contribution is 2.35. The summed E-state index contributed by atoms with van der Waals surface area (Å²) in [6.07, 6.45) is 0.881. The molecule has 0 spiro atoms. The molecule has 0 bridgehead atoms. The Kier molecular flexibility index (Phi) is 5.33. The average molecular weight is 352 g/mol. The molecule has 1 heterocycles. The number of hydrogen-bond acceptors (Lipinski definition) is 3. The van der Waals surface area contributed by atoms with Crippen LogP contribution in [-0.2, 0) is 4.79 Å². The van der Waals surface area contributed by atoms with E-state index in [-0.39, 0.29) is 5.91 Å². The van der Waals surface area contributed by atoms with Gasteiger partial charge in [-0.2, -0.15) is 0 Å². The molecule has 1 fully saturated rings. The quantitative estimate of drug-likeness (QED) is 0.837. The molecule has 138 valence electrons. The molecule has 0 saturated carbocycles. The molecule has 1 aliphatic rings. The van der Waals surface area contributed by atoms with Crippen LogP contribution in [0.15, 0.2) is 48.5 Å². The second-order valence-electron chi connectivity index (χ2n) is 7.60. The Balaban J connectivity index is 1.83. The highest BCUT2D eigenvalue weighted by Gasteiger charge is 2.46. The topological polar surface area (TPSA) is 41.6 Å². The molecule has 4 nitrogen and oxygen atoms in total. The van der Waals surface area contributed by atoms with Gasteiger partial charge in [0.15, 0.2) is 0 Å². The fourth-order valence-electron chi connectivity index (χ4n) is 3.47. The predicted molar refractivity (Wildman–Crippen MR) is 106 cm³/mol. The molecular weight excluding hydrogens is 324 g/mol. The summed E-state index contributed by atoms with van der Waals surface area (Å²) < 4.78 is 5.46. The Bertz CT molecular complexity index is 773. The maximum atomic E-state index is 13.0. The lowest BCUT2D eigenvalue weighted by atomic mass is 9.84. The van der Waals surface area contributed by atoms with Crippen molar-refractivity contribution in [2.24, 2.45) is 5.92 Å². The third kappa shape index (κ3) is 3.61. The van der Waals surface area contributed by atoms with Crippen LogP contribution in [0, 0.1) is 5.92 Å². The van der Waals surface area contributed by atoms with Crippen molar-refractivity contribution >= 4 is 11.6 Å². The lowest BCUT2D eigenvalue weighted by Crippen LogP contribution is -2.64. The SMILES string of the molecule is COc1ccc(-c2ccccc2)cc1NC(=O)C1(C)CCN1CC(C)C. The maximum absolute atomic E-state index is 13.0. The van der Waals surface area contributed by atoms with Crippen LogP contribution in [0.1, 0.15) is 27.2 Å². The Morgan fingerprint density at radius 3 is 2.50 bits per heavy atom. The fraction of sp³-hybridized carbons (Fsp3) is 0.409. The monoisotopic (exact) mass is 352 g/mol. The first-order valence-electron chi connectivity index (χ1n) is 9.24. The minimum atomic E-state index is -0.446. The highest BCUT2D eigenvalue weighted by molar-refractivity contribution is 6.00. The van der Waals surface area contributed by atoms with Crippen LogP contribution in [0.5, 0.6) is 5.75 Å². The van der Waals surface area contributed by atoms with E-state index in [1.165, 1.54) is 0 Å². The molecule has 0 radical (unpaired) electrons. The number of methoxy groups -OCH3 is 1. The maximum Gasteiger partial charge on any atom is 0.244 e. The molecule has 1 atom stereocenters. The van der Waals surface area contributed by atoms with E-state index in [9.17, 15) is 4.79 Å². The van der Waals surface area contributed by atoms with E-state index < -0.39 is 5.54 Å². The van der Waals surface area contributed by atoms with Gasteiger partial charge in [-0.25, -0.2) is 0 Å². The van der Waals surface area contributed by atoms with Crippen LogP contribution in [0.2, 0.25) is 0 Å². The molecule has 0 aromatic heterocycles. The molecule has 2 aromatic rings. The number of carbonyl (C=O) groups is 1. The molecule has 4 heteroatoms. The first-order chi connectivity index (χ1) is 12.4. The van der Waals surface area contributed by atoms with E-state index in [1.807, 2.05) is 43.3 Å². The van der Waals surface area contributed by atoms with Crippen LogP contribution < -0.4 is 10.1 Å². The lowest BCUT2D eigenvalue weighted by Gasteiger charge is -2.50. The number of amides is 1. The van der Waals surface area contributed by atoms with Crippen molar-refractivity contribution in [1.82, 2.24) is 4.90 Å². The summed E-state index contributed by atoms with van der Waals surface area (Å²) in [6.45, 7) is 8.31. The van der Waals surface area contributed by atoms with Gasteiger partial charge >= 0.3 is 0 Å². The Morgan fingerprint density at radius 1 is 1.19 bits per heavy atom. The molecule has 1 aliphatic heterocycles. The zero-order valence-corrected chi connectivity index (χ0v) is 16.1. The fourth-order valence-corrected chi connectivity index (χ4v) is 3.47. The predicted octanol–water partition coefficient (Wildman–Crippen LogP) is 4.42. The van der Waals surface area contributed by atoms with Gasteiger partial charge in [0.1, 0.15) is 5.75 Å². The molecule has 1 N–H and O–H groups in total. The second kappa shape index (κ2) is 7.50. The number of ether oxygens (including phenoxy) is 1. The second-order valence-corrected chi connectivity index (χ2v) is 7.60. The van der Waals surface area contributed by atoms with E-state index in [0.29, 0.717) is 11.7 Å². The zero-order chi connectivity index (χ0) is 18.7. The van der Waals surface area contributed by atoms with Gasteiger partial charge in [-0.3, -0.25) is 9.69 Å². The normalized spacial score (nSPS) is 19.9. The molecule has 1 amide bonds. The van der Waals surface area contributed by atoms with Crippen molar-refractivity contribution in [1.29, 1.82) is 0 Å². The summed E-state index contributed by atoms with van der Waals surface area (Å²) in [4.78, 5) is 15.3. The third-order valence-electron chi connectivity index (χ3n) is 5.20. The minimum absolute atomic E-state index is 0.0351. The van der Waals surface area contributed by atoms with Gasteiger partial charge in [-0.15, -0.1) is 0 Å². The average Bonchev–Trinajstić information content (AvgIpc) is 2.65. The van der Waals surface area contributed by atoms with Crippen LogP contribution in [0.25, 0.3) is 11.1 Å². The first-order valence-corrected chi connectivity index (χ1v) is 9.24. The Hall–Kier alpha value is -2.33. The molecule has 2 aromatic carbocycles. The van der Waals surface area contributed by atoms with Crippen LogP contribution >= 0.6 is 0 Å². The van der Waals surface area contributed by atoms with Crippen LogP contribution in [0.3, 0.4) is 0 Å². The summed E-state index contributed by atoms with van der Waals surface area (Å²) in [7, 11) is 1.63. The standard InChI is InChI=1S/C22H28N2O2/c1-16(2)15-24-13-12-22(24,3)21(25)23-19-14-18(10-11-20(19)26-4)17-8-6-5-7-9-17/h5-11,14,16H,12-13,15H2,1-4H3,(H,23,25). The molecule has 26 heavy (non-hydrogen) atoms. The zero-order valence-electron chi connectivity index (χ0n) is 16.1. The highest BCUT2D eigenvalue weighted by atomic mass is 16.5. The lowest BCUT2D eigenvalue weighted by molar-refractivity contribution is -0.136.